The molecular formula is C14H15BrO4. The Morgan fingerprint density at radius 3 is 2.63 bits per heavy atom. The van der Waals surface area contributed by atoms with Gasteiger partial charge in [-0.2, -0.15) is 0 Å². The largest absolute Gasteiger partial charge is 0.463 e. The first kappa shape index (κ1) is 15.4. The van der Waals surface area contributed by atoms with Crippen molar-refractivity contribution in [3.63, 3.8) is 0 Å². The summed E-state index contributed by atoms with van der Waals surface area (Å²) in [7, 11) is 0. The van der Waals surface area contributed by atoms with E-state index in [0.717, 1.165) is 6.08 Å². The Morgan fingerprint density at radius 1 is 1.32 bits per heavy atom. The molecule has 5 heteroatoms. The van der Waals surface area contributed by atoms with Crippen LogP contribution in [0.5, 0.6) is 5.75 Å². The molecule has 0 fully saturated rings. The Kier molecular flexibility index (Phi) is 6.89. The van der Waals surface area contributed by atoms with Crippen LogP contribution in [0.15, 0.2) is 43.0 Å². The molecule has 0 N–H and O–H groups in total. The van der Waals surface area contributed by atoms with Crippen LogP contribution in [0.1, 0.15) is 12.8 Å². The molecule has 0 radical (unpaired) electrons. The molecule has 0 bridgehead atoms. The highest BCUT2D eigenvalue weighted by molar-refractivity contribution is 9.10. The highest BCUT2D eigenvalue weighted by atomic mass is 79.9. The van der Waals surface area contributed by atoms with Gasteiger partial charge in [-0.3, -0.25) is 4.79 Å². The van der Waals surface area contributed by atoms with E-state index in [-0.39, 0.29) is 12.6 Å². The molecule has 1 aromatic carbocycles. The van der Waals surface area contributed by atoms with E-state index in [9.17, 15) is 9.59 Å². The van der Waals surface area contributed by atoms with Crippen LogP contribution in [-0.4, -0.2) is 23.4 Å². The summed E-state index contributed by atoms with van der Waals surface area (Å²) in [5, 5.41) is 0. The average molecular weight is 327 g/mol. The highest BCUT2D eigenvalue weighted by Gasteiger charge is 2.16. The zero-order valence-corrected chi connectivity index (χ0v) is 12.0. The molecule has 1 rings (SSSR count). The molecule has 0 heterocycles. The van der Waals surface area contributed by atoms with Gasteiger partial charge in [0.25, 0.3) is 0 Å². The van der Waals surface area contributed by atoms with Crippen molar-refractivity contribution in [3.05, 3.63) is 43.0 Å². The number of carbonyl (C=O) groups excluding carboxylic acids is 2. The lowest BCUT2D eigenvalue weighted by Crippen LogP contribution is -2.21. The van der Waals surface area contributed by atoms with Crippen molar-refractivity contribution in [2.45, 2.75) is 17.7 Å². The summed E-state index contributed by atoms with van der Waals surface area (Å²) in [6, 6.07) is 8.85. The Morgan fingerprint density at radius 2 is 2.00 bits per heavy atom. The second kappa shape index (κ2) is 8.48. The lowest BCUT2D eigenvalue weighted by atomic mass is 10.2. The molecule has 0 aliphatic heterocycles. The topological polar surface area (TPSA) is 52.6 Å². The van der Waals surface area contributed by atoms with E-state index in [1.807, 2.05) is 6.07 Å². The number of hydrogen-bond acceptors (Lipinski definition) is 4. The van der Waals surface area contributed by atoms with Crippen molar-refractivity contribution in [1.82, 2.24) is 0 Å². The van der Waals surface area contributed by atoms with Crippen molar-refractivity contribution in [2.24, 2.45) is 0 Å². The van der Waals surface area contributed by atoms with Gasteiger partial charge in [-0.15, -0.1) is 0 Å². The van der Waals surface area contributed by atoms with Gasteiger partial charge in [-0.25, -0.2) is 4.79 Å². The summed E-state index contributed by atoms with van der Waals surface area (Å²) in [6.45, 7) is 3.55. The standard InChI is InChI=1S/C14H15BrO4/c1-2-13(16)18-10-6-9-12(15)14(17)19-11-7-4-3-5-8-11/h2-5,7-8,12H,1,6,9-10H2. The summed E-state index contributed by atoms with van der Waals surface area (Å²) >= 11 is 3.25. The van der Waals surface area contributed by atoms with Crippen molar-refractivity contribution in [1.29, 1.82) is 0 Å². The van der Waals surface area contributed by atoms with Crippen molar-refractivity contribution < 1.29 is 19.1 Å². The molecule has 0 aromatic heterocycles. The van der Waals surface area contributed by atoms with Crippen LogP contribution in [0.4, 0.5) is 0 Å². The molecule has 1 unspecified atom stereocenters. The number of ether oxygens (including phenoxy) is 2. The van der Waals surface area contributed by atoms with Crippen LogP contribution >= 0.6 is 15.9 Å². The van der Waals surface area contributed by atoms with Crippen molar-refractivity contribution >= 4 is 27.9 Å². The number of para-hydroxylation sites is 1. The van der Waals surface area contributed by atoms with Gasteiger partial charge < -0.3 is 9.47 Å². The van der Waals surface area contributed by atoms with Crippen molar-refractivity contribution in [2.75, 3.05) is 6.61 Å². The third-order valence-electron chi connectivity index (χ3n) is 2.23. The zero-order chi connectivity index (χ0) is 14.1. The number of esters is 2. The molecule has 4 nitrogen and oxygen atoms in total. The molecule has 19 heavy (non-hydrogen) atoms. The maximum Gasteiger partial charge on any atom is 0.330 e. The molecule has 0 saturated heterocycles. The van der Waals surface area contributed by atoms with E-state index in [0.29, 0.717) is 18.6 Å². The summed E-state index contributed by atoms with van der Waals surface area (Å²) in [5.41, 5.74) is 0. The lowest BCUT2D eigenvalue weighted by Gasteiger charge is -2.09. The summed E-state index contributed by atoms with van der Waals surface area (Å²) in [4.78, 5) is 22.1. The Hall–Kier alpha value is -1.62. The number of benzene rings is 1. The maximum atomic E-state index is 11.7. The van der Waals surface area contributed by atoms with E-state index in [1.54, 1.807) is 24.3 Å². The summed E-state index contributed by atoms with van der Waals surface area (Å²) < 4.78 is 9.98. The summed E-state index contributed by atoms with van der Waals surface area (Å²) in [6.07, 6.45) is 2.20. The predicted molar refractivity (Wildman–Crippen MR) is 75.2 cm³/mol. The fourth-order valence-corrected chi connectivity index (χ4v) is 1.70. The number of carbonyl (C=O) groups is 2. The van der Waals surface area contributed by atoms with Crippen LogP contribution in [0.2, 0.25) is 0 Å². The first-order chi connectivity index (χ1) is 9.13. The second-order valence-corrected chi connectivity index (χ2v) is 4.82. The van der Waals surface area contributed by atoms with Crippen LogP contribution in [-0.2, 0) is 14.3 Å². The predicted octanol–water partition coefficient (Wildman–Crippen LogP) is 2.86. The average Bonchev–Trinajstić information content (AvgIpc) is 2.44. The van der Waals surface area contributed by atoms with Gasteiger partial charge in [-0.05, 0) is 25.0 Å². The number of halogens is 1. The van der Waals surface area contributed by atoms with E-state index in [4.69, 9.17) is 9.47 Å². The smallest absolute Gasteiger partial charge is 0.330 e. The normalized spacial score (nSPS) is 11.4. The fraction of sp³-hybridized carbons (Fsp3) is 0.286. The van der Waals surface area contributed by atoms with Crippen LogP contribution in [0.25, 0.3) is 0 Å². The zero-order valence-electron chi connectivity index (χ0n) is 10.4. The quantitative estimate of drug-likeness (QED) is 0.254. The Bertz CT molecular complexity index is 430. The third kappa shape index (κ3) is 6.20. The van der Waals surface area contributed by atoms with Gasteiger partial charge in [0.05, 0.1) is 6.61 Å². The minimum absolute atomic E-state index is 0.256. The first-order valence-corrected chi connectivity index (χ1v) is 6.75. The number of hydrogen-bond donors (Lipinski definition) is 0. The molecule has 0 aliphatic carbocycles. The van der Waals surface area contributed by atoms with Gasteiger partial charge in [-0.1, -0.05) is 40.7 Å². The fourth-order valence-electron chi connectivity index (χ4n) is 1.28. The molecule has 0 spiro atoms. The monoisotopic (exact) mass is 326 g/mol. The van der Waals surface area contributed by atoms with Gasteiger partial charge in [0.1, 0.15) is 10.6 Å². The van der Waals surface area contributed by atoms with Gasteiger partial charge in [0, 0.05) is 6.08 Å². The van der Waals surface area contributed by atoms with E-state index >= 15 is 0 Å². The molecule has 0 saturated carbocycles. The second-order valence-electron chi connectivity index (χ2n) is 3.72. The first-order valence-electron chi connectivity index (χ1n) is 5.83. The lowest BCUT2D eigenvalue weighted by molar-refractivity contribution is -0.137. The van der Waals surface area contributed by atoms with Gasteiger partial charge in [0.2, 0.25) is 0 Å². The molecule has 1 aromatic rings. The van der Waals surface area contributed by atoms with Crippen LogP contribution in [0, 0.1) is 0 Å². The molecular weight excluding hydrogens is 312 g/mol. The molecule has 1 atom stereocenters. The molecule has 102 valence electrons. The van der Waals surface area contributed by atoms with E-state index in [1.165, 1.54) is 0 Å². The van der Waals surface area contributed by atoms with Crippen molar-refractivity contribution in [3.8, 4) is 5.75 Å². The number of alkyl halides is 1. The minimum atomic E-state index is -0.460. The summed E-state index contributed by atoms with van der Waals surface area (Å²) in [5.74, 6) is -0.311. The van der Waals surface area contributed by atoms with Gasteiger partial charge >= 0.3 is 11.9 Å². The van der Waals surface area contributed by atoms with Crippen LogP contribution < -0.4 is 4.74 Å². The third-order valence-corrected chi connectivity index (χ3v) is 3.06. The van der Waals surface area contributed by atoms with E-state index < -0.39 is 10.8 Å². The maximum absolute atomic E-state index is 11.7. The Labute approximate surface area is 120 Å². The van der Waals surface area contributed by atoms with E-state index in [2.05, 4.69) is 22.5 Å². The van der Waals surface area contributed by atoms with Gasteiger partial charge in [0.15, 0.2) is 0 Å². The highest BCUT2D eigenvalue weighted by Crippen LogP contribution is 2.15. The minimum Gasteiger partial charge on any atom is -0.463 e. The Balaban J connectivity index is 2.25. The SMILES string of the molecule is C=CC(=O)OCCCC(Br)C(=O)Oc1ccccc1. The molecule has 0 aliphatic rings. The molecule has 0 amide bonds. The number of rotatable bonds is 7. The van der Waals surface area contributed by atoms with Crippen LogP contribution in [0.3, 0.4) is 0 Å².